The van der Waals surface area contributed by atoms with Crippen LogP contribution in [0.5, 0.6) is 0 Å². The Morgan fingerprint density at radius 1 is 1.83 bits per heavy atom. The van der Waals surface area contributed by atoms with Gasteiger partial charge in [0.15, 0.2) is 0 Å². The van der Waals surface area contributed by atoms with Crippen LogP contribution in [0, 0.1) is 0 Å². The maximum atomic E-state index is 7.95. The second-order valence-corrected chi connectivity index (χ2v) is 1.93. The molecular weight excluding hydrogens is 120 g/mol. The molecule has 2 nitrogen and oxygen atoms in total. The lowest BCUT2D eigenvalue weighted by Crippen LogP contribution is -1.70. The first-order valence-electron chi connectivity index (χ1n) is 1.51. The van der Waals surface area contributed by atoms with Gasteiger partial charge in [0, 0.05) is 0 Å². The van der Waals surface area contributed by atoms with Crippen LogP contribution in [0.2, 0.25) is 0 Å². The Morgan fingerprint density at radius 2 is 2.50 bits per heavy atom. The predicted octanol–water partition coefficient (Wildman–Crippen LogP) is 1.79. The Bertz CT molecular complexity index is 21.5. The number of hydrogen-bond acceptors (Lipinski definition) is 4. The molecule has 38 valence electrons. The molecule has 0 radical (unpaired) electrons. The number of rotatable bonds is 3. The summed E-state index contributed by atoms with van der Waals surface area (Å²) < 4.78 is 12.6. The molecule has 0 aliphatic heterocycles. The molecule has 6 heavy (non-hydrogen) atoms. The zero-order chi connectivity index (χ0) is 4.83. The van der Waals surface area contributed by atoms with Crippen LogP contribution < -0.4 is 0 Å². The largest absolute Gasteiger partial charge is 0.319 e. The summed E-state index contributed by atoms with van der Waals surface area (Å²) in [5, 5.41) is 0. The van der Waals surface area contributed by atoms with Gasteiger partial charge in [-0.25, -0.2) is 0 Å². The summed E-state index contributed by atoms with van der Waals surface area (Å²) in [6, 6.07) is 0. The van der Waals surface area contributed by atoms with Crippen molar-refractivity contribution in [2.24, 2.45) is 0 Å². The summed E-state index contributed by atoms with van der Waals surface area (Å²) in [6.07, 6.45) is 0. The highest BCUT2D eigenvalue weighted by molar-refractivity contribution is 8.72. The van der Waals surface area contributed by atoms with Crippen LogP contribution in [0.25, 0.3) is 0 Å². The third-order valence-corrected chi connectivity index (χ3v) is 1.06. The van der Waals surface area contributed by atoms with Crippen molar-refractivity contribution in [2.45, 2.75) is 6.92 Å². The van der Waals surface area contributed by atoms with Gasteiger partial charge in [-0.1, -0.05) is 0 Å². The predicted molar refractivity (Wildman–Crippen MR) is 29.4 cm³/mol. The molecule has 0 aromatic carbocycles. The molecule has 0 atom stereocenters. The molecule has 0 aromatic heterocycles. The minimum absolute atomic E-state index is 0.621. The van der Waals surface area contributed by atoms with E-state index in [1.54, 1.807) is 0 Å². The fourth-order valence-corrected chi connectivity index (χ4v) is 0.627. The van der Waals surface area contributed by atoms with Gasteiger partial charge in [0.05, 0.1) is 28.8 Å². The Balaban J connectivity index is 2.34. The van der Waals surface area contributed by atoms with Gasteiger partial charge in [-0.2, -0.15) is 0 Å². The molecule has 1 N–H and O–H groups in total. The smallest absolute Gasteiger partial charge is 0.0923 e. The first kappa shape index (κ1) is 6.62. The molecule has 0 aliphatic rings. The fraction of sp³-hybridized carbons (Fsp3) is 1.00. The van der Waals surface area contributed by atoms with Crippen molar-refractivity contribution < 1.29 is 8.74 Å². The van der Waals surface area contributed by atoms with E-state index < -0.39 is 0 Å². The quantitative estimate of drug-likeness (QED) is 0.354. The van der Waals surface area contributed by atoms with E-state index >= 15 is 0 Å². The highest BCUT2D eigenvalue weighted by atomic mass is 33.1. The van der Waals surface area contributed by atoms with E-state index in [2.05, 4.69) is 4.18 Å². The van der Waals surface area contributed by atoms with Gasteiger partial charge in [0.2, 0.25) is 0 Å². The standard InChI is InChI=1S/C2H6O2S2/c1-2-4-6-5-3/h3H,2H2,1H3. The minimum atomic E-state index is 0.621. The maximum absolute atomic E-state index is 7.95. The first-order chi connectivity index (χ1) is 2.91. The molecule has 0 heterocycles. The summed E-state index contributed by atoms with van der Waals surface area (Å²) in [6.45, 7) is 2.50. The summed E-state index contributed by atoms with van der Waals surface area (Å²) in [5.41, 5.74) is 0. The Morgan fingerprint density at radius 3 is 2.67 bits per heavy atom. The minimum Gasteiger partial charge on any atom is -0.319 e. The van der Waals surface area contributed by atoms with Crippen molar-refractivity contribution in [3.05, 3.63) is 0 Å². The van der Waals surface area contributed by atoms with Gasteiger partial charge in [-0.15, -0.1) is 0 Å². The maximum Gasteiger partial charge on any atom is 0.0923 e. The molecule has 0 rings (SSSR count). The van der Waals surface area contributed by atoms with Crippen LogP contribution in [-0.2, 0) is 4.18 Å². The fourth-order valence-electron chi connectivity index (χ4n) is 0.0696. The Hall–Kier alpha value is 0.620. The average molecular weight is 126 g/mol. The highest BCUT2D eigenvalue weighted by Crippen LogP contribution is 2.16. The molecular formula is C2H6O2S2. The molecule has 0 spiro atoms. The average Bonchev–Trinajstić information content (AvgIpc) is 1.61. The van der Waals surface area contributed by atoms with E-state index in [1.165, 1.54) is 0 Å². The highest BCUT2D eigenvalue weighted by Gasteiger charge is 1.77. The Labute approximate surface area is 45.1 Å². The van der Waals surface area contributed by atoms with E-state index in [4.69, 9.17) is 4.55 Å². The third-order valence-electron chi connectivity index (χ3n) is 0.196. The van der Waals surface area contributed by atoms with E-state index in [0.717, 1.165) is 11.1 Å². The molecule has 0 amide bonds. The monoisotopic (exact) mass is 126 g/mol. The topological polar surface area (TPSA) is 29.5 Å². The van der Waals surface area contributed by atoms with Crippen molar-refractivity contribution in [3.63, 3.8) is 0 Å². The van der Waals surface area contributed by atoms with Crippen LogP contribution in [0.1, 0.15) is 6.92 Å². The first-order valence-corrected chi connectivity index (χ1v) is 3.54. The van der Waals surface area contributed by atoms with E-state index in [1.807, 2.05) is 6.92 Å². The van der Waals surface area contributed by atoms with Crippen molar-refractivity contribution in [2.75, 3.05) is 6.61 Å². The van der Waals surface area contributed by atoms with Crippen molar-refractivity contribution in [1.82, 2.24) is 0 Å². The van der Waals surface area contributed by atoms with E-state index in [-0.39, 0.29) is 0 Å². The van der Waals surface area contributed by atoms with Crippen LogP contribution in [-0.4, -0.2) is 11.2 Å². The summed E-state index contributed by atoms with van der Waals surface area (Å²) in [7, 11) is 0. The van der Waals surface area contributed by atoms with Gasteiger partial charge >= 0.3 is 0 Å². The molecule has 0 aromatic rings. The van der Waals surface area contributed by atoms with Gasteiger partial charge in [0.1, 0.15) is 0 Å². The number of hydrogen-bond donors (Lipinski definition) is 1. The van der Waals surface area contributed by atoms with Crippen LogP contribution in [0.4, 0.5) is 0 Å². The molecule has 0 bridgehead atoms. The second kappa shape index (κ2) is 5.62. The second-order valence-electron chi connectivity index (χ2n) is 0.549. The molecule has 0 aliphatic carbocycles. The summed E-state index contributed by atoms with van der Waals surface area (Å²) >= 11 is 1.60. The SMILES string of the molecule is CCOSSO. The normalized spacial score (nSPS) is 9.00. The molecule has 4 heteroatoms. The van der Waals surface area contributed by atoms with Crippen molar-refractivity contribution in [1.29, 1.82) is 0 Å². The van der Waals surface area contributed by atoms with E-state index in [0.29, 0.717) is 17.7 Å². The molecule has 0 fully saturated rings. The van der Waals surface area contributed by atoms with Crippen LogP contribution in [0.15, 0.2) is 0 Å². The molecule has 0 saturated heterocycles. The lowest BCUT2D eigenvalue weighted by Gasteiger charge is -1.87. The van der Waals surface area contributed by atoms with Crippen LogP contribution >= 0.6 is 22.1 Å². The third kappa shape index (κ3) is 4.62. The van der Waals surface area contributed by atoms with Gasteiger partial charge in [-0.3, -0.25) is 0 Å². The molecule has 0 saturated carbocycles. The summed E-state index contributed by atoms with van der Waals surface area (Å²) in [5.74, 6) is 0. The van der Waals surface area contributed by atoms with Crippen molar-refractivity contribution >= 4 is 22.1 Å². The lowest BCUT2D eigenvalue weighted by molar-refractivity contribution is 0.407. The van der Waals surface area contributed by atoms with Gasteiger partial charge in [0.25, 0.3) is 0 Å². The van der Waals surface area contributed by atoms with Gasteiger partial charge < -0.3 is 8.74 Å². The zero-order valence-corrected chi connectivity index (χ0v) is 5.01. The van der Waals surface area contributed by atoms with E-state index in [9.17, 15) is 0 Å². The Kier molecular flexibility index (Phi) is 6.20. The lowest BCUT2D eigenvalue weighted by atomic mass is 10.9. The van der Waals surface area contributed by atoms with Crippen LogP contribution in [0.3, 0.4) is 0 Å². The zero-order valence-electron chi connectivity index (χ0n) is 3.38. The summed E-state index contributed by atoms with van der Waals surface area (Å²) in [4.78, 5) is 0. The molecule has 0 unspecified atom stereocenters. The van der Waals surface area contributed by atoms with Crippen molar-refractivity contribution in [3.8, 4) is 0 Å². The van der Waals surface area contributed by atoms with Gasteiger partial charge in [-0.05, 0) is 6.92 Å².